The zero-order valence-electron chi connectivity index (χ0n) is 15.7. The van der Waals surface area contributed by atoms with Gasteiger partial charge in [-0.05, 0) is 48.5 Å². The van der Waals surface area contributed by atoms with Crippen LogP contribution in [0.5, 0.6) is 5.75 Å². The Morgan fingerprint density at radius 1 is 0.742 bits per heavy atom. The summed E-state index contributed by atoms with van der Waals surface area (Å²) in [6.07, 6.45) is 0. The predicted molar refractivity (Wildman–Crippen MR) is 112 cm³/mol. The molecule has 11 heteroatoms. The van der Waals surface area contributed by atoms with E-state index in [1.165, 1.54) is 24.5 Å². The molecule has 0 amide bonds. The number of hydrogen-bond donors (Lipinski definition) is 1. The summed E-state index contributed by atoms with van der Waals surface area (Å²) >= 11 is 1.85. The zero-order valence-corrected chi connectivity index (χ0v) is 18.3. The molecule has 168 valence electrons. The van der Waals surface area contributed by atoms with E-state index in [-0.39, 0.29) is 17.5 Å². The molecule has 1 aliphatic rings. The molecule has 1 aliphatic heterocycles. The van der Waals surface area contributed by atoms with Crippen LogP contribution in [0.1, 0.15) is 0 Å². The van der Waals surface area contributed by atoms with Crippen LogP contribution in [0.3, 0.4) is 0 Å². The van der Waals surface area contributed by atoms with E-state index in [9.17, 15) is 25.2 Å². The van der Waals surface area contributed by atoms with E-state index in [2.05, 4.69) is 60.7 Å². The minimum absolute atomic E-state index is 0.0318. The molecule has 31 heavy (non-hydrogen) atoms. The third kappa shape index (κ3) is 7.64. The van der Waals surface area contributed by atoms with Crippen molar-refractivity contribution in [1.29, 1.82) is 0 Å². The topological polar surface area (TPSA) is 29.5 Å². The van der Waals surface area contributed by atoms with Crippen LogP contribution in [0.2, 0.25) is 0 Å². The van der Waals surface area contributed by atoms with Gasteiger partial charge in [-0.15, -0.1) is 0 Å². The molecule has 0 spiro atoms. The SMILES string of the molecule is F[P-](F)(F)(F)(F)F.OCCOc1ccc([S+]2c3ccccc3Sc3ccccc32)cc1. The van der Waals surface area contributed by atoms with E-state index in [0.29, 0.717) is 6.61 Å². The van der Waals surface area contributed by atoms with E-state index in [4.69, 9.17) is 9.84 Å². The number of fused-ring (bicyclic) bond motifs is 2. The molecule has 2 nitrogen and oxygen atoms in total. The monoisotopic (exact) mass is 498 g/mol. The van der Waals surface area contributed by atoms with Crippen molar-refractivity contribution in [3.8, 4) is 5.75 Å². The summed E-state index contributed by atoms with van der Waals surface area (Å²) in [7, 11) is -10.8. The van der Waals surface area contributed by atoms with Gasteiger partial charge < -0.3 is 9.84 Å². The van der Waals surface area contributed by atoms with Crippen molar-refractivity contribution in [2.75, 3.05) is 13.2 Å². The first-order valence-corrected chi connectivity index (χ1v) is 12.9. The van der Waals surface area contributed by atoms with Crippen LogP contribution in [-0.4, -0.2) is 18.3 Å². The molecule has 0 saturated heterocycles. The van der Waals surface area contributed by atoms with E-state index < -0.39 is 7.81 Å². The van der Waals surface area contributed by atoms with Gasteiger partial charge in [0.05, 0.1) is 16.4 Å². The van der Waals surface area contributed by atoms with Gasteiger partial charge in [-0.25, -0.2) is 0 Å². The van der Waals surface area contributed by atoms with Gasteiger partial charge in [0, 0.05) is 0 Å². The maximum absolute atomic E-state index is 10.7. The Labute approximate surface area is 181 Å². The van der Waals surface area contributed by atoms with Crippen LogP contribution in [0, 0.1) is 0 Å². The van der Waals surface area contributed by atoms with Gasteiger partial charge in [0.25, 0.3) is 0 Å². The molecule has 0 aromatic heterocycles. The Kier molecular flexibility index (Phi) is 6.32. The number of benzene rings is 3. The molecule has 1 heterocycles. The quantitative estimate of drug-likeness (QED) is 0.176. The van der Waals surface area contributed by atoms with Gasteiger partial charge in [0.1, 0.15) is 23.3 Å². The van der Waals surface area contributed by atoms with E-state index in [1.807, 2.05) is 23.9 Å². The van der Waals surface area contributed by atoms with E-state index in [1.54, 1.807) is 0 Å². The second-order valence-electron chi connectivity index (χ2n) is 6.30. The van der Waals surface area contributed by atoms with E-state index in [0.717, 1.165) is 5.75 Å². The van der Waals surface area contributed by atoms with Crippen molar-refractivity contribution in [2.24, 2.45) is 0 Å². The molecule has 0 aliphatic carbocycles. The first-order valence-electron chi connectivity index (χ1n) is 8.82. The van der Waals surface area contributed by atoms with Crippen molar-refractivity contribution in [3.05, 3.63) is 72.8 Å². The number of ether oxygens (including phenoxy) is 1. The third-order valence-corrected chi connectivity index (χ3v) is 7.52. The Balaban J connectivity index is 0.000000339. The van der Waals surface area contributed by atoms with Crippen molar-refractivity contribution in [2.45, 2.75) is 24.5 Å². The molecule has 1 N–H and O–H groups in total. The fraction of sp³-hybridized carbons (Fsp3) is 0.100. The molecule has 0 bridgehead atoms. The molecule has 0 radical (unpaired) electrons. The number of rotatable bonds is 4. The van der Waals surface area contributed by atoms with Crippen molar-refractivity contribution < 1.29 is 35.0 Å². The molecule has 3 aromatic rings. The molecule has 0 fully saturated rings. The summed E-state index contributed by atoms with van der Waals surface area (Å²) in [5.74, 6) is 0.796. The summed E-state index contributed by atoms with van der Waals surface area (Å²) < 4.78 is 64.7. The first-order chi connectivity index (χ1) is 14.3. The summed E-state index contributed by atoms with van der Waals surface area (Å²) in [4.78, 5) is 6.71. The molecular weight excluding hydrogens is 481 g/mol. The summed E-state index contributed by atoms with van der Waals surface area (Å²) in [6.45, 7) is 0.359. The zero-order chi connectivity index (χ0) is 22.8. The Hall–Kier alpha value is -1.87. The minimum Gasteiger partial charge on any atom is -0.491 e. The smallest absolute Gasteiger partial charge is 0.180 e. The van der Waals surface area contributed by atoms with Gasteiger partial charge in [0.15, 0.2) is 14.7 Å². The predicted octanol–water partition coefficient (Wildman–Crippen LogP) is 8.00. The first kappa shape index (κ1) is 23.8. The normalized spacial score (nSPS) is 15.5. The number of halogens is 6. The van der Waals surface area contributed by atoms with Gasteiger partial charge >= 0.3 is 33.0 Å². The molecule has 0 saturated carbocycles. The van der Waals surface area contributed by atoms with Crippen LogP contribution in [0.15, 0.2) is 97.3 Å². The Morgan fingerprint density at radius 2 is 1.19 bits per heavy atom. The number of hydrogen-bond acceptors (Lipinski definition) is 3. The average Bonchev–Trinajstić information content (AvgIpc) is 2.68. The number of aliphatic hydroxyl groups is 1. The second-order valence-corrected chi connectivity index (χ2v) is 11.3. The minimum atomic E-state index is -10.7. The standard InChI is InChI=1S/C20H17O2S2.F6P/c21-13-14-22-15-9-11-16(12-10-15)24-19-7-3-1-5-17(19)23-18-6-2-4-8-20(18)24;1-7(2,3,4,5)6/h1-12,21H,13-14H2;/q+1;-1. The van der Waals surface area contributed by atoms with Gasteiger partial charge in [-0.3, -0.25) is 0 Å². The molecule has 0 atom stereocenters. The molecule has 4 rings (SSSR count). The maximum Gasteiger partial charge on any atom is 0.180 e. The van der Waals surface area contributed by atoms with Crippen molar-refractivity contribution in [3.63, 3.8) is 0 Å². The van der Waals surface area contributed by atoms with Crippen LogP contribution >= 0.6 is 19.6 Å². The molecular formula is C20H17F6O2PS2. The van der Waals surface area contributed by atoms with Gasteiger partial charge in [0.2, 0.25) is 0 Å². The fourth-order valence-electron chi connectivity index (χ4n) is 2.73. The summed E-state index contributed by atoms with van der Waals surface area (Å²) in [5, 5.41) is 8.88. The van der Waals surface area contributed by atoms with Gasteiger partial charge in [-0.1, -0.05) is 36.0 Å². The van der Waals surface area contributed by atoms with Crippen LogP contribution in [-0.2, 0) is 10.9 Å². The second kappa shape index (κ2) is 8.24. The van der Waals surface area contributed by atoms with Crippen LogP contribution in [0.4, 0.5) is 25.2 Å². The number of aliphatic hydroxyl groups excluding tert-OH is 1. The maximum atomic E-state index is 9.87. The molecule has 3 aromatic carbocycles. The summed E-state index contributed by atoms with van der Waals surface area (Å²) in [6, 6.07) is 25.6. The largest absolute Gasteiger partial charge is 0.491 e. The Bertz CT molecular complexity index is 1000. The third-order valence-electron chi connectivity index (χ3n) is 3.78. The molecule has 0 unspecified atom stereocenters. The fourth-order valence-corrected chi connectivity index (χ4v) is 6.47. The Morgan fingerprint density at radius 3 is 1.65 bits per heavy atom. The van der Waals surface area contributed by atoms with Crippen molar-refractivity contribution in [1.82, 2.24) is 0 Å². The van der Waals surface area contributed by atoms with Crippen LogP contribution < -0.4 is 4.74 Å². The van der Waals surface area contributed by atoms with Gasteiger partial charge in [-0.2, -0.15) is 0 Å². The van der Waals surface area contributed by atoms with Crippen LogP contribution in [0.25, 0.3) is 0 Å². The average molecular weight is 498 g/mol. The van der Waals surface area contributed by atoms with Crippen molar-refractivity contribution >= 4 is 30.5 Å². The van der Waals surface area contributed by atoms with E-state index >= 15 is 0 Å². The summed E-state index contributed by atoms with van der Waals surface area (Å²) in [5.41, 5.74) is 0.